The summed E-state index contributed by atoms with van der Waals surface area (Å²) >= 11 is 6.35. The lowest BCUT2D eigenvalue weighted by Crippen LogP contribution is -2.46. The molecule has 0 spiro atoms. The molecule has 1 aliphatic rings. The number of methoxy groups -OCH3 is 1. The summed E-state index contributed by atoms with van der Waals surface area (Å²) in [5.74, 6) is -0.0706. The molecule has 0 bridgehead atoms. The third-order valence-electron chi connectivity index (χ3n) is 5.74. The zero-order chi connectivity index (χ0) is 20.4. The Hall–Kier alpha value is -2.56. The highest BCUT2D eigenvalue weighted by molar-refractivity contribution is 6.30. The lowest BCUT2D eigenvalue weighted by Gasteiger charge is -2.40. The van der Waals surface area contributed by atoms with Crippen LogP contribution >= 0.6 is 11.6 Å². The Morgan fingerprint density at radius 2 is 1.90 bits per heavy atom. The molecule has 2 unspecified atom stereocenters. The van der Waals surface area contributed by atoms with Crippen molar-refractivity contribution in [2.45, 2.75) is 31.3 Å². The molecule has 1 aliphatic heterocycles. The van der Waals surface area contributed by atoms with E-state index in [4.69, 9.17) is 16.3 Å². The van der Waals surface area contributed by atoms with Crippen LogP contribution in [0.5, 0.6) is 5.75 Å². The second kappa shape index (κ2) is 8.44. The third-order valence-corrected chi connectivity index (χ3v) is 5.97. The predicted molar refractivity (Wildman–Crippen MR) is 116 cm³/mol. The Morgan fingerprint density at radius 1 is 1.10 bits per heavy atom. The number of carboxylic acid groups (broad SMARTS) is 1. The zero-order valence-electron chi connectivity index (χ0n) is 16.3. The number of ether oxygens (including phenoxy) is 1. The standard InChI is InChI=1S/C24H24ClNO3/c1-29-22-12-11-19(25)15-20(22)23(26-13-5-4-8-21(26)24(27)28)18-10-9-16-6-2-3-7-17(16)14-18/h2-3,6-7,9-12,14-15,21,23H,4-5,8,13H2,1H3,(H,27,28). The fourth-order valence-corrected chi connectivity index (χ4v) is 4.56. The van der Waals surface area contributed by atoms with Crippen LogP contribution in [0, 0.1) is 0 Å². The second-order valence-electron chi connectivity index (χ2n) is 7.48. The van der Waals surface area contributed by atoms with Crippen LogP contribution in [-0.2, 0) is 4.79 Å². The monoisotopic (exact) mass is 409 g/mol. The van der Waals surface area contributed by atoms with E-state index in [0.29, 0.717) is 23.7 Å². The summed E-state index contributed by atoms with van der Waals surface area (Å²) in [5.41, 5.74) is 1.93. The van der Waals surface area contributed by atoms with Gasteiger partial charge in [0.2, 0.25) is 0 Å². The van der Waals surface area contributed by atoms with Gasteiger partial charge >= 0.3 is 5.97 Å². The summed E-state index contributed by atoms with van der Waals surface area (Å²) < 4.78 is 5.64. The fourth-order valence-electron chi connectivity index (χ4n) is 4.37. The molecule has 1 heterocycles. The molecular formula is C24H24ClNO3. The van der Waals surface area contributed by atoms with E-state index in [9.17, 15) is 9.90 Å². The molecule has 0 saturated carbocycles. The van der Waals surface area contributed by atoms with E-state index in [1.54, 1.807) is 13.2 Å². The minimum atomic E-state index is -0.781. The summed E-state index contributed by atoms with van der Waals surface area (Å²) in [5, 5.41) is 12.8. The Bertz CT molecular complexity index is 1040. The molecule has 3 aromatic carbocycles. The Morgan fingerprint density at radius 3 is 2.66 bits per heavy atom. The molecule has 2 atom stereocenters. The average Bonchev–Trinajstić information content (AvgIpc) is 2.74. The summed E-state index contributed by atoms with van der Waals surface area (Å²) in [6, 6.07) is 19.3. The van der Waals surface area contributed by atoms with E-state index in [1.807, 2.05) is 24.3 Å². The summed E-state index contributed by atoms with van der Waals surface area (Å²) in [6.07, 6.45) is 2.53. The predicted octanol–water partition coefficient (Wildman–Crippen LogP) is 5.53. The molecule has 0 aliphatic carbocycles. The van der Waals surface area contributed by atoms with E-state index < -0.39 is 12.0 Å². The normalized spacial score (nSPS) is 18.5. The van der Waals surface area contributed by atoms with Crippen LogP contribution in [0.25, 0.3) is 10.8 Å². The van der Waals surface area contributed by atoms with Crippen molar-refractivity contribution in [2.24, 2.45) is 0 Å². The van der Waals surface area contributed by atoms with Gasteiger partial charge < -0.3 is 9.84 Å². The minimum absolute atomic E-state index is 0.255. The van der Waals surface area contributed by atoms with Crippen molar-refractivity contribution in [3.63, 3.8) is 0 Å². The van der Waals surface area contributed by atoms with Crippen molar-refractivity contribution in [3.8, 4) is 5.75 Å². The number of likely N-dealkylation sites (tertiary alicyclic amines) is 1. The number of halogens is 1. The number of piperidine rings is 1. The molecule has 4 nitrogen and oxygen atoms in total. The quantitative estimate of drug-likeness (QED) is 0.601. The van der Waals surface area contributed by atoms with Crippen molar-refractivity contribution in [2.75, 3.05) is 13.7 Å². The molecule has 0 aromatic heterocycles. The number of hydrogen-bond acceptors (Lipinski definition) is 3. The number of nitrogens with zero attached hydrogens (tertiary/aromatic N) is 1. The molecule has 0 radical (unpaired) electrons. The highest BCUT2D eigenvalue weighted by Crippen LogP contribution is 2.40. The van der Waals surface area contributed by atoms with E-state index in [0.717, 1.165) is 34.7 Å². The van der Waals surface area contributed by atoms with Crippen LogP contribution < -0.4 is 4.74 Å². The lowest BCUT2D eigenvalue weighted by atomic mass is 9.90. The number of fused-ring (bicyclic) bond motifs is 1. The average molecular weight is 410 g/mol. The van der Waals surface area contributed by atoms with Crippen molar-refractivity contribution in [3.05, 3.63) is 76.8 Å². The number of aliphatic carboxylic acids is 1. The van der Waals surface area contributed by atoms with Crippen molar-refractivity contribution in [1.29, 1.82) is 0 Å². The number of hydrogen-bond donors (Lipinski definition) is 1. The molecule has 150 valence electrons. The molecule has 3 aromatic rings. The van der Waals surface area contributed by atoms with E-state index in [1.165, 1.54) is 0 Å². The number of carboxylic acids is 1. The first-order valence-electron chi connectivity index (χ1n) is 9.89. The van der Waals surface area contributed by atoms with Gasteiger partial charge in [-0.2, -0.15) is 0 Å². The highest BCUT2D eigenvalue weighted by atomic mass is 35.5. The van der Waals surface area contributed by atoms with Gasteiger partial charge in [-0.05, 0) is 60.0 Å². The highest BCUT2D eigenvalue weighted by Gasteiger charge is 2.36. The Kier molecular flexibility index (Phi) is 5.74. The van der Waals surface area contributed by atoms with Gasteiger partial charge in [0.05, 0.1) is 13.2 Å². The van der Waals surface area contributed by atoms with Gasteiger partial charge in [0.15, 0.2) is 0 Å². The first kappa shape index (κ1) is 19.7. The van der Waals surface area contributed by atoms with Crippen LogP contribution in [0.4, 0.5) is 0 Å². The van der Waals surface area contributed by atoms with E-state index in [2.05, 4.69) is 35.2 Å². The smallest absolute Gasteiger partial charge is 0.320 e. The van der Waals surface area contributed by atoms with Crippen molar-refractivity contribution < 1.29 is 14.6 Å². The fraction of sp³-hybridized carbons (Fsp3) is 0.292. The topological polar surface area (TPSA) is 49.8 Å². The van der Waals surface area contributed by atoms with Crippen molar-refractivity contribution >= 4 is 28.3 Å². The van der Waals surface area contributed by atoms with Gasteiger partial charge in [-0.1, -0.05) is 54.4 Å². The number of rotatable bonds is 5. The van der Waals surface area contributed by atoms with Gasteiger partial charge in [-0.15, -0.1) is 0 Å². The largest absolute Gasteiger partial charge is 0.496 e. The van der Waals surface area contributed by atoms with Gasteiger partial charge in [0, 0.05) is 10.6 Å². The molecule has 4 rings (SSSR count). The van der Waals surface area contributed by atoms with Crippen molar-refractivity contribution in [1.82, 2.24) is 4.90 Å². The molecule has 29 heavy (non-hydrogen) atoms. The van der Waals surface area contributed by atoms with Gasteiger partial charge in [-0.3, -0.25) is 9.69 Å². The van der Waals surface area contributed by atoms with Crippen LogP contribution in [0.1, 0.15) is 36.4 Å². The first-order chi connectivity index (χ1) is 14.1. The van der Waals surface area contributed by atoms with Gasteiger partial charge in [0.1, 0.15) is 11.8 Å². The minimum Gasteiger partial charge on any atom is -0.496 e. The molecular weight excluding hydrogens is 386 g/mol. The summed E-state index contributed by atoms with van der Waals surface area (Å²) in [7, 11) is 1.63. The molecule has 1 saturated heterocycles. The Balaban J connectivity index is 1.91. The molecule has 1 fully saturated rings. The van der Waals surface area contributed by atoms with E-state index >= 15 is 0 Å². The number of benzene rings is 3. The third kappa shape index (κ3) is 3.96. The van der Waals surface area contributed by atoms with Gasteiger partial charge in [0.25, 0.3) is 0 Å². The van der Waals surface area contributed by atoms with E-state index in [-0.39, 0.29) is 6.04 Å². The molecule has 0 amide bonds. The summed E-state index contributed by atoms with van der Waals surface area (Å²) in [6.45, 7) is 0.712. The molecule has 5 heteroatoms. The lowest BCUT2D eigenvalue weighted by molar-refractivity contribution is -0.145. The van der Waals surface area contributed by atoms with Crippen LogP contribution in [0.15, 0.2) is 60.7 Å². The van der Waals surface area contributed by atoms with Crippen LogP contribution in [0.2, 0.25) is 5.02 Å². The zero-order valence-corrected chi connectivity index (χ0v) is 17.1. The molecule has 1 N–H and O–H groups in total. The SMILES string of the molecule is COc1ccc(Cl)cc1C(c1ccc2ccccc2c1)N1CCCCC1C(=O)O. The maximum atomic E-state index is 12.1. The van der Waals surface area contributed by atoms with Crippen LogP contribution in [-0.4, -0.2) is 35.7 Å². The summed E-state index contributed by atoms with van der Waals surface area (Å²) in [4.78, 5) is 14.2. The maximum absolute atomic E-state index is 12.1. The number of carbonyl (C=O) groups is 1. The van der Waals surface area contributed by atoms with Crippen LogP contribution in [0.3, 0.4) is 0 Å². The Labute approximate surface area is 175 Å². The first-order valence-corrected chi connectivity index (χ1v) is 10.3. The maximum Gasteiger partial charge on any atom is 0.320 e. The van der Waals surface area contributed by atoms with Gasteiger partial charge in [-0.25, -0.2) is 0 Å². The second-order valence-corrected chi connectivity index (χ2v) is 7.92.